The molecule has 0 atom stereocenters. The van der Waals surface area contributed by atoms with Gasteiger partial charge in [-0.2, -0.15) is 0 Å². The van der Waals surface area contributed by atoms with Gasteiger partial charge in [0.2, 0.25) is 5.91 Å². The first-order chi connectivity index (χ1) is 6.54. The highest BCUT2D eigenvalue weighted by molar-refractivity contribution is 6.29. The average molecular weight is 214 g/mol. The fourth-order valence-corrected chi connectivity index (χ4v) is 1.31. The standard InChI is InChI=1S/C10H12ClNO2/c1-6-3-7(2)10(14)8(4-6)12-9(13)5-11/h3-4,14H,5H2,1-2H3,(H,12,13). The summed E-state index contributed by atoms with van der Waals surface area (Å²) in [6, 6.07) is 3.54. The van der Waals surface area contributed by atoms with E-state index in [1.165, 1.54) is 0 Å². The lowest BCUT2D eigenvalue weighted by Gasteiger charge is -2.09. The number of aromatic hydroxyl groups is 1. The van der Waals surface area contributed by atoms with Crippen LogP contribution in [0.25, 0.3) is 0 Å². The van der Waals surface area contributed by atoms with Crippen LogP contribution >= 0.6 is 11.6 Å². The van der Waals surface area contributed by atoms with Gasteiger partial charge in [-0.1, -0.05) is 6.07 Å². The van der Waals surface area contributed by atoms with Gasteiger partial charge in [-0.3, -0.25) is 4.79 Å². The molecule has 0 saturated carbocycles. The Morgan fingerprint density at radius 1 is 1.50 bits per heavy atom. The van der Waals surface area contributed by atoms with Gasteiger partial charge in [-0.05, 0) is 31.0 Å². The minimum atomic E-state index is -0.327. The lowest BCUT2D eigenvalue weighted by atomic mass is 10.1. The van der Waals surface area contributed by atoms with Crippen LogP contribution < -0.4 is 5.32 Å². The molecule has 14 heavy (non-hydrogen) atoms. The Hall–Kier alpha value is -1.22. The van der Waals surface area contributed by atoms with E-state index in [2.05, 4.69) is 5.32 Å². The second kappa shape index (κ2) is 4.33. The van der Waals surface area contributed by atoms with E-state index in [0.29, 0.717) is 5.69 Å². The molecular formula is C10H12ClNO2. The summed E-state index contributed by atoms with van der Waals surface area (Å²) in [7, 11) is 0. The van der Waals surface area contributed by atoms with Crippen molar-refractivity contribution in [3.05, 3.63) is 23.3 Å². The largest absolute Gasteiger partial charge is 0.505 e. The van der Waals surface area contributed by atoms with E-state index in [9.17, 15) is 9.90 Å². The zero-order chi connectivity index (χ0) is 10.7. The predicted molar refractivity (Wildman–Crippen MR) is 56.9 cm³/mol. The third kappa shape index (κ3) is 2.39. The monoisotopic (exact) mass is 213 g/mol. The first kappa shape index (κ1) is 10.9. The van der Waals surface area contributed by atoms with Crippen molar-refractivity contribution in [3.8, 4) is 5.75 Å². The summed E-state index contributed by atoms with van der Waals surface area (Å²) >= 11 is 5.34. The maximum absolute atomic E-state index is 11.0. The minimum absolute atomic E-state index is 0.0917. The zero-order valence-corrected chi connectivity index (χ0v) is 8.85. The Labute approximate surface area is 87.7 Å². The number of benzene rings is 1. The summed E-state index contributed by atoms with van der Waals surface area (Å²) in [5.41, 5.74) is 2.12. The first-order valence-corrected chi connectivity index (χ1v) is 4.74. The number of amides is 1. The van der Waals surface area contributed by atoms with Crippen molar-refractivity contribution in [2.45, 2.75) is 13.8 Å². The number of phenolic OH excluding ortho intramolecular Hbond substituents is 1. The van der Waals surface area contributed by atoms with E-state index < -0.39 is 0 Å². The smallest absolute Gasteiger partial charge is 0.239 e. The van der Waals surface area contributed by atoms with Crippen molar-refractivity contribution >= 4 is 23.2 Å². The lowest BCUT2D eigenvalue weighted by molar-refractivity contribution is -0.113. The van der Waals surface area contributed by atoms with Crippen molar-refractivity contribution in [2.24, 2.45) is 0 Å². The van der Waals surface area contributed by atoms with E-state index in [1.807, 2.05) is 13.0 Å². The molecule has 0 saturated heterocycles. The molecule has 0 spiro atoms. The average Bonchev–Trinajstić information content (AvgIpc) is 2.13. The molecule has 1 rings (SSSR count). The van der Waals surface area contributed by atoms with E-state index in [0.717, 1.165) is 11.1 Å². The Kier molecular flexibility index (Phi) is 3.36. The van der Waals surface area contributed by atoms with Crippen molar-refractivity contribution in [2.75, 3.05) is 11.2 Å². The molecule has 0 aromatic heterocycles. The topological polar surface area (TPSA) is 49.3 Å². The van der Waals surface area contributed by atoms with E-state index in [4.69, 9.17) is 11.6 Å². The van der Waals surface area contributed by atoms with Crippen LogP contribution in [-0.2, 0) is 4.79 Å². The summed E-state index contributed by atoms with van der Waals surface area (Å²) in [6.07, 6.45) is 0. The van der Waals surface area contributed by atoms with Crippen molar-refractivity contribution < 1.29 is 9.90 Å². The first-order valence-electron chi connectivity index (χ1n) is 4.20. The number of hydrogen-bond acceptors (Lipinski definition) is 2. The van der Waals surface area contributed by atoms with Gasteiger partial charge in [0.1, 0.15) is 11.6 Å². The maximum Gasteiger partial charge on any atom is 0.239 e. The number of anilines is 1. The Balaban J connectivity index is 3.02. The van der Waals surface area contributed by atoms with Gasteiger partial charge < -0.3 is 10.4 Å². The van der Waals surface area contributed by atoms with Crippen LogP contribution in [0.1, 0.15) is 11.1 Å². The molecule has 1 aromatic carbocycles. The van der Waals surface area contributed by atoms with Crippen LogP contribution in [-0.4, -0.2) is 16.9 Å². The van der Waals surface area contributed by atoms with E-state index >= 15 is 0 Å². The molecule has 3 nitrogen and oxygen atoms in total. The molecule has 1 aromatic rings. The highest BCUT2D eigenvalue weighted by Gasteiger charge is 2.07. The number of carbonyl (C=O) groups excluding carboxylic acids is 1. The Bertz CT molecular complexity index is 363. The number of nitrogens with one attached hydrogen (secondary N) is 1. The molecule has 0 aliphatic rings. The Morgan fingerprint density at radius 2 is 2.14 bits per heavy atom. The number of rotatable bonds is 2. The molecule has 0 aliphatic heterocycles. The number of phenols is 1. The molecule has 4 heteroatoms. The zero-order valence-electron chi connectivity index (χ0n) is 8.10. The van der Waals surface area contributed by atoms with Crippen LogP contribution in [0.4, 0.5) is 5.69 Å². The van der Waals surface area contributed by atoms with Crippen LogP contribution in [0, 0.1) is 13.8 Å². The number of halogens is 1. The van der Waals surface area contributed by atoms with Gasteiger partial charge >= 0.3 is 0 Å². The molecule has 0 bridgehead atoms. The number of alkyl halides is 1. The number of aryl methyl sites for hydroxylation is 2. The highest BCUT2D eigenvalue weighted by atomic mass is 35.5. The molecular weight excluding hydrogens is 202 g/mol. The maximum atomic E-state index is 11.0. The van der Waals surface area contributed by atoms with E-state index in [1.54, 1.807) is 13.0 Å². The molecule has 0 aliphatic carbocycles. The third-order valence-electron chi connectivity index (χ3n) is 1.84. The summed E-state index contributed by atoms with van der Waals surface area (Å²) in [5, 5.41) is 12.1. The molecule has 2 N–H and O–H groups in total. The molecule has 76 valence electrons. The van der Waals surface area contributed by atoms with Gasteiger partial charge in [-0.25, -0.2) is 0 Å². The van der Waals surface area contributed by atoms with Crippen molar-refractivity contribution in [1.29, 1.82) is 0 Å². The second-order valence-corrected chi connectivity index (χ2v) is 3.43. The summed E-state index contributed by atoms with van der Waals surface area (Å²) in [5.74, 6) is -0.354. The van der Waals surface area contributed by atoms with Gasteiger partial charge in [0.25, 0.3) is 0 Å². The Morgan fingerprint density at radius 3 is 2.71 bits per heavy atom. The number of carbonyl (C=O) groups is 1. The second-order valence-electron chi connectivity index (χ2n) is 3.16. The molecule has 0 unspecified atom stereocenters. The SMILES string of the molecule is Cc1cc(C)c(O)c(NC(=O)CCl)c1. The molecule has 1 amide bonds. The van der Waals surface area contributed by atoms with Crippen LogP contribution in [0.2, 0.25) is 0 Å². The fraction of sp³-hybridized carbons (Fsp3) is 0.300. The third-order valence-corrected chi connectivity index (χ3v) is 2.08. The summed E-state index contributed by atoms with van der Waals surface area (Å²) in [6.45, 7) is 3.67. The number of hydrogen-bond donors (Lipinski definition) is 2. The summed E-state index contributed by atoms with van der Waals surface area (Å²) < 4.78 is 0. The lowest BCUT2D eigenvalue weighted by Crippen LogP contribution is -2.12. The van der Waals surface area contributed by atoms with Crippen LogP contribution in [0.3, 0.4) is 0 Å². The van der Waals surface area contributed by atoms with Gasteiger partial charge in [0.05, 0.1) is 5.69 Å². The molecule has 0 heterocycles. The quantitative estimate of drug-likeness (QED) is 0.585. The molecule has 0 radical (unpaired) electrons. The van der Waals surface area contributed by atoms with Crippen LogP contribution in [0.5, 0.6) is 5.75 Å². The fourth-order valence-electron chi connectivity index (χ4n) is 1.24. The van der Waals surface area contributed by atoms with Gasteiger partial charge in [-0.15, -0.1) is 11.6 Å². The van der Waals surface area contributed by atoms with Crippen LogP contribution in [0.15, 0.2) is 12.1 Å². The predicted octanol–water partition coefficient (Wildman–Crippen LogP) is 2.19. The normalized spacial score (nSPS) is 9.93. The minimum Gasteiger partial charge on any atom is -0.505 e. The van der Waals surface area contributed by atoms with Gasteiger partial charge in [0.15, 0.2) is 0 Å². The van der Waals surface area contributed by atoms with E-state index in [-0.39, 0.29) is 17.5 Å². The van der Waals surface area contributed by atoms with Gasteiger partial charge in [0, 0.05) is 0 Å². The highest BCUT2D eigenvalue weighted by Crippen LogP contribution is 2.28. The summed E-state index contributed by atoms with van der Waals surface area (Å²) in [4.78, 5) is 11.0. The van der Waals surface area contributed by atoms with Crippen molar-refractivity contribution in [1.82, 2.24) is 0 Å². The van der Waals surface area contributed by atoms with Crippen molar-refractivity contribution in [3.63, 3.8) is 0 Å². The molecule has 0 fully saturated rings.